The molecule has 37 heavy (non-hydrogen) atoms. The van der Waals surface area contributed by atoms with Gasteiger partial charge >= 0.3 is 0 Å². The number of halogens is 2. The Morgan fingerprint density at radius 1 is 1.22 bits per heavy atom. The van der Waals surface area contributed by atoms with E-state index in [2.05, 4.69) is 65.1 Å². The minimum absolute atomic E-state index is 0.00896. The van der Waals surface area contributed by atoms with E-state index in [-0.39, 0.29) is 36.1 Å². The predicted octanol–water partition coefficient (Wildman–Crippen LogP) is 7.17. The number of nitrogens with zero attached hydrogens (tertiary/aromatic N) is 2. The van der Waals surface area contributed by atoms with Gasteiger partial charge in [0.1, 0.15) is 5.41 Å². The molecule has 0 saturated carbocycles. The molecule has 0 spiro atoms. The van der Waals surface area contributed by atoms with Crippen LogP contribution in [-0.2, 0) is 5.41 Å². The summed E-state index contributed by atoms with van der Waals surface area (Å²) < 4.78 is 0. The summed E-state index contributed by atoms with van der Waals surface area (Å²) in [7, 11) is 0. The van der Waals surface area contributed by atoms with Crippen molar-refractivity contribution in [3.8, 4) is 6.07 Å². The van der Waals surface area contributed by atoms with Gasteiger partial charge in [-0.25, -0.2) is 0 Å². The maximum atomic E-state index is 11.1. The topological polar surface area (TPSA) is 68.4 Å². The fourth-order valence-electron chi connectivity index (χ4n) is 5.71. The van der Waals surface area contributed by atoms with Crippen LogP contribution in [0.3, 0.4) is 0 Å². The number of hydrogen-bond acceptors (Lipinski definition) is 4. The standard InChI is InChI=1S/C31H39Cl2N3O/c1-7-26(35-25(18-37)15-20(2)3)29-28(21-9-8-10-24(33)16-21)31(19-34,22-11-13-23(32)14-12-22)27(36-29)17-30(4,5)6/h8-11,13,16,20,25,27-29,36-37H,7,15,17-18H2,1-6H3. The molecule has 0 aliphatic carbocycles. The van der Waals surface area contributed by atoms with E-state index >= 15 is 0 Å². The van der Waals surface area contributed by atoms with Crippen LogP contribution in [-0.4, -0.2) is 35.6 Å². The third kappa shape index (κ3) is 6.68. The van der Waals surface area contributed by atoms with Gasteiger partial charge in [0.15, 0.2) is 0 Å². The highest BCUT2D eigenvalue weighted by Gasteiger charge is 2.59. The molecular formula is C31H39Cl2N3O. The normalized spacial score (nSPS) is 25.1. The second kappa shape index (κ2) is 12.2. The first-order valence-corrected chi connectivity index (χ1v) is 13.9. The van der Waals surface area contributed by atoms with Gasteiger partial charge in [-0.2, -0.15) is 5.26 Å². The van der Waals surface area contributed by atoms with Gasteiger partial charge in [-0.3, -0.25) is 4.99 Å². The number of hydrogen-bond donors (Lipinski definition) is 2. The van der Waals surface area contributed by atoms with Gasteiger partial charge in [0.25, 0.3) is 0 Å². The molecule has 3 rings (SSSR count). The number of aliphatic hydroxyl groups is 1. The molecule has 0 bridgehead atoms. The summed E-state index contributed by atoms with van der Waals surface area (Å²) >= 11 is 12.7. The zero-order valence-electron chi connectivity index (χ0n) is 22.8. The van der Waals surface area contributed by atoms with Gasteiger partial charge in [0.2, 0.25) is 0 Å². The average Bonchev–Trinajstić information content (AvgIpc) is 3.14. The Morgan fingerprint density at radius 3 is 2.46 bits per heavy atom. The fraction of sp³-hybridized carbons (Fsp3) is 0.548. The molecule has 198 valence electrons. The van der Waals surface area contributed by atoms with Crippen LogP contribution in [0.4, 0.5) is 0 Å². The molecule has 5 unspecified atom stereocenters. The quantitative estimate of drug-likeness (QED) is 0.331. The summed E-state index contributed by atoms with van der Waals surface area (Å²) in [5.41, 5.74) is 1.67. The van der Waals surface area contributed by atoms with E-state index in [0.29, 0.717) is 22.4 Å². The number of nitrogens with one attached hydrogen (secondary N) is 1. The monoisotopic (exact) mass is 539 g/mol. The first-order chi connectivity index (χ1) is 17.4. The van der Waals surface area contributed by atoms with Crippen LogP contribution in [0.2, 0.25) is 10.0 Å². The molecule has 1 saturated heterocycles. The Kier molecular flexibility index (Phi) is 9.71. The number of aliphatic hydroxyl groups excluding tert-OH is 1. The van der Waals surface area contributed by atoms with E-state index in [0.717, 1.165) is 29.7 Å². The lowest BCUT2D eigenvalue weighted by atomic mass is 9.63. The van der Waals surface area contributed by atoms with Gasteiger partial charge in [0.05, 0.1) is 29.8 Å². The third-order valence-electron chi connectivity index (χ3n) is 7.15. The third-order valence-corrected chi connectivity index (χ3v) is 7.60. The Hall–Kier alpha value is -2.08. The van der Waals surface area contributed by atoms with Crippen molar-refractivity contribution in [1.82, 2.24) is 5.32 Å². The van der Waals surface area contributed by atoms with Gasteiger partial charge in [0, 0.05) is 28.3 Å². The van der Waals surface area contributed by atoms with Crippen molar-refractivity contribution in [3.63, 3.8) is 0 Å². The summed E-state index contributed by atoms with van der Waals surface area (Å²) in [6.45, 7) is 12.9. The number of nitriles is 1. The molecule has 0 radical (unpaired) electrons. The van der Waals surface area contributed by atoms with Crippen LogP contribution in [0.15, 0.2) is 41.4 Å². The molecule has 1 heterocycles. The summed E-state index contributed by atoms with van der Waals surface area (Å²) in [4.78, 5) is 5.09. The largest absolute Gasteiger partial charge is 0.394 e. The highest BCUT2D eigenvalue weighted by Crippen LogP contribution is 2.51. The highest BCUT2D eigenvalue weighted by atomic mass is 35.5. The van der Waals surface area contributed by atoms with Gasteiger partial charge in [-0.05, 0) is 66.5 Å². The van der Waals surface area contributed by atoms with E-state index < -0.39 is 5.41 Å². The lowest BCUT2D eigenvalue weighted by Gasteiger charge is -2.36. The number of rotatable bonds is 9. The summed E-state index contributed by atoms with van der Waals surface area (Å²) in [6.07, 6.45) is 2.25. The zero-order chi connectivity index (χ0) is 27.4. The molecule has 1 aliphatic rings. The fourth-order valence-corrected chi connectivity index (χ4v) is 6.02. The van der Waals surface area contributed by atoms with E-state index in [4.69, 9.17) is 28.2 Å². The molecule has 0 amide bonds. The van der Waals surface area contributed by atoms with Crippen molar-refractivity contribution in [2.75, 3.05) is 6.61 Å². The molecule has 4 nitrogen and oxygen atoms in total. The molecule has 1 aliphatic heterocycles. The Balaban J connectivity index is 2.29. The second-order valence-electron chi connectivity index (χ2n) is 11.8. The SMILES string of the molecule is CCC(=NC(CO)CC(C)C)C1NC(CC(C)(C)C)C(C#N)(c2c#cc(Cl)cc2)C1c1cccc(Cl)c1. The summed E-state index contributed by atoms with van der Waals surface area (Å²) in [6, 6.07) is 19.8. The van der Waals surface area contributed by atoms with Gasteiger partial charge < -0.3 is 10.4 Å². The van der Waals surface area contributed by atoms with Crippen molar-refractivity contribution in [2.45, 2.75) is 90.3 Å². The van der Waals surface area contributed by atoms with E-state index in [1.54, 1.807) is 6.07 Å². The molecule has 2 aromatic carbocycles. The molecule has 1 fully saturated rings. The smallest absolute Gasteiger partial charge is 0.114 e. The Bertz CT molecular complexity index is 1120. The van der Waals surface area contributed by atoms with Gasteiger partial charge in [-0.1, -0.05) is 82.9 Å². The number of benzene rings is 1. The van der Waals surface area contributed by atoms with Crippen molar-refractivity contribution in [3.05, 3.63) is 69.7 Å². The van der Waals surface area contributed by atoms with Crippen LogP contribution in [0.1, 0.15) is 77.8 Å². The average molecular weight is 541 g/mol. The van der Waals surface area contributed by atoms with Crippen molar-refractivity contribution in [1.29, 1.82) is 5.26 Å². The van der Waals surface area contributed by atoms with Crippen molar-refractivity contribution in [2.24, 2.45) is 16.3 Å². The van der Waals surface area contributed by atoms with E-state index in [1.165, 1.54) is 0 Å². The van der Waals surface area contributed by atoms with Crippen molar-refractivity contribution < 1.29 is 5.11 Å². The number of aliphatic imine (C=N–C) groups is 1. The first-order valence-electron chi connectivity index (χ1n) is 13.1. The molecule has 5 atom stereocenters. The van der Waals surface area contributed by atoms with Gasteiger partial charge in [-0.15, -0.1) is 0 Å². The maximum absolute atomic E-state index is 11.1. The minimum Gasteiger partial charge on any atom is -0.394 e. The predicted molar refractivity (Wildman–Crippen MR) is 153 cm³/mol. The van der Waals surface area contributed by atoms with Crippen LogP contribution in [0, 0.1) is 34.8 Å². The lowest BCUT2D eigenvalue weighted by molar-refractivity contribution is 0.250. The molecule has 2 aromatic rings. The molecule has 6 heteroatoms. The minimum atomic E-state index is -0.966. The second-order valence-corrected chi connectivity index (χ2v) is 12.6. The Labute approximate surface area is 233 Å². The maximum Gasteiger partial charge on any atom is 0.114 e. The lowest BCUT2D eigenvalue weighted by Crippen LogP contribution is -2.44. The van der Waals surface area contributed by atoms with E-state index in [1.807, 2.05) is 30.3 Å². The van der Waals surface area contributed by atoms with Crippen LogP contribution in [0.25, 0.3) is 0 Å². The summed E-state index contributed by atoms with van der Waals surface area (Å²) in [5, 5.41) is 26.1. The summed E-state index contributed by atoms with van der Waals surface area (Å²) in [5.74, 6) is 0.122. The van der Waals surface area contributed by atoms with Crippen LogP contribution < -0.4 is 5.32 Å². The molecule has 2 N–H and O–H groups in total. The Morgan fingerprint density at radius 2 is 1.95 bits per heavy atom. The van der Waals surface area contributed by atoms with Crippen LogP contribution in [0.5, 0.6) is 0 Å². The van der Waals surface area contributed by atoms with Crippen molar-refractivity contribution >= 4 is 28.9 Å². The molecular weight excluding hydrogens is 501 g/mol. The zero-order valence-corrected chi connectivity index (χ0v) is 24.3. The molecule has 0 aromatic heterocycles. The van der Waals surface area contributed by atoms with E-state index in [9.17, 15) is 10.4 Å². The highest BCUT2D eigenvalue weighted by molar-refractivity contribution is 6.30. The van der Waals surface area contributed by atoms with Crippen LogP contribution >= 0.6 is 23.2 Å². The first kappa shape index (κ1) is 29.5.